The van der Waals surface area contributed by atoms with Crippen molar-refractivity contribution < 1.29 is 19.5 Å². The second kappa shape index (κ2) is 8.85. The SMILES string of the molecule is O=C(O)CCNC(=O)CCC1CNC(=O)N1c1ccc2c(c1)CCNCC2. The molecule has 1 fully saturated rings. The Morgan fingerprint density at radius 2 is 1.96 bits per heavy atom. The molecule has 4 N–H and O–H groups in total. The van der Waals surface area contributed by atoms with Crippen LogP contribution in [0.15, 0.2) is 18.2 Å². The zero-order chi connectivity index (χ0) is 19.2. The summed E-state index contributed by atoms with van der Waals surface area (Å²) in [6, 6.07) is 5.93. The number of carboxylic acid groups (broad SMARTS) is 1. The molecule has 1 atom stereocenters. The van der Waals surface area contributed by atoms with Crippen molar-refractivity contribution in [3.8, 4) is 0 Å². The van der Waals surface area contributed by atoms with Crippen molar-refractivity contribution in [1.82, 2.24) is 16.0 Å². The van der Waals surface area contributed by atoms with Crippen LogP contribution < -0.4 is 20.9 Å². The Morgan fingerprint density at radius 1 is 1.19 bits per heavy atom. The van der Waals surface area contributed by atoms with Gasteiger partial charge in [-0.3, -0.25) is 14.5 Å². The largest absolute Gasteiger partial charge is 0.481 e. The zero-order valence-corrected chi connectivity index (χ0v) is 15.3. The zero-order valence-electron chi connectivity index (χ0n) is 15.3. The molecule has 8 nitrogen and oxygen atoms in total. The molecule has 0 radical (unpaired) electrons. The first-order valence-electron chi connectivity index (χ1n) is 9.42. The van der Waals surface area contributed by atoms with Gasteiger partial charge in [0.25, 0.3) is 0 Å². The number of carbonyl (C=O) groups is 3. The lowest BCUT2D eigenvalue weighted by atomic mass is 10.0. The van der Waals surface area contributed by atoms with Gasteiger partial charge in [0.15, 0.2) is 0 Å². The van der Waals surface area contributed by atoms with Crippen LogP contribution in [0.3, 0.4) is 0 Å². The molecule has 1 aromatic carbocycles. The average molecular weight is 374 g/mol. The van der Waals surface area contributed by atoms with E-state index in [9.17, 15) is 14.4 Å². The number of hydrogen-bond donors (Lipinski definition) is 4. The van der Waals surface area contributed by atoms with E-state index in [0.717, 1.165) is 31.6 Å². The number of anilines is 1. The quantitative estimate of drug-likeness (QED) is 0.560. The van der Waals surface area contributed by atoms with E-state index in [-0.39, 0.29) is 37.4 Å². The topological polar surface area (TPSA) is 111 Å². The minimum Gasteiger partial charge on any atom is -0.481 e. The Labute approximate surface area is 158 Å². The van der Waals surface area contributed by atoms with Gasteiger partial charge in [0.1, 0.15) is 0 Å². The summed E-state index contributed by atoms with van der Waals surface area (Å²) < 4.78 is 0. The molecule has 0 saturated carbocycles. The van der Waals surface area contributed by atoms with Crippen LogP contribution in [0, 0.1) is 0 Å². The molecule has 0 aromatic heterocycles. The third kappa shape index (κ3) is 4.97. The molecule has 146 valence electrons. The molecule has 1 aromatic rings. The summed E-state index contributed by atoms with van der Waals surface area (Å²) >= 11 is 0. The summed E-state index contributed by atoms with van der Waals surface area (Å²) in [6.07, 6.45) is 2.61. The lowest BCUT2D eigenvalue weighted by molar-refractivity contribution is -0.136. The summed E-state index contributed by atoms with van der Waals surface area (Å²) in [5.74, 6) is -1.13. The van der Waals surface area contributed by atoms with Crippen molar-refractivity contribution in [2.24, 2.45) is 0 Å². The number of carboxylic acids is 1. The van der Waals surface area contributed by atoms with Crippen LogP contribution in [0.25, 0.3) is 0 Å². The van der Waals surface area contributed by atoms with Crippen molar-refractivity contribution in [3.63, 3.8) is 0 Å². The Kier molecular flexibility index (Phi) is 6.28. The number of nitrogens with one attached hydrogen (secondary N) is 3. The van der Waals surface area contributed by atoms with Crippen LogP contribution in [0.2, 0.25) is 0 Å². The predicted molar refractivity (Wildman–Crippen MR) is 101 cm³/mol. The van der Waals surface area contributed by atoms with Gasteiger partial charge in [-0.25, -0.2) is 4.79 Å². The van der Waals surface area contributed by atoms with E-state index in [0.29, 0.717) is 13.0 Å². The first kappa shape index (κ1) is 19.2. The molecule has 2 heterocycles. The molecule has 27 heavy (non-hydrogen) atoms. The Bertz CT molecular complexity index is 722. The summed E-state index contributed by atoms with van der Waals surface area (Å²) in [5, 5.41) is 17.5. The highest BCUT2D eigenvalue weighted by Gasteiger charge is 2.32. The van der Waals surface area contributed by atoms with Crippen molar-refractivity contribution >= 4 is 23.6 Å². The Balaban J connectivity index is 1.62. The van der Waals surface area contributed by atoms with E-state index in [1.165, 1.54) is 11.1 Å². The molecular formula is C19H26N4O4. The number of rotatable bonds is 7. The van der Waals surface area contributed by atoms with Crippen LogP contribution in [0.4, 0.5) is 10.5 Å². The van der Waals surface area contributed by atoms with Crippen LogP contribution >= 0.6 is 0 Å². The van der Waals surface area contributed by atoms with E-state index in [2.05, 4.69) is 28.1 Å². The third-order valence-corrected chi connectivity index (χ3v) is 5.05. The number of carbonyl (C=O) groups excluding carboxylic acids is 2. The molecule has 2 aliphatic rings. The smallest absolute Gasteiger partial charge is 0.322 e. The minimum atomic E-state index is -0.939. The lowest BCUT2D eigenvalue weighted by Gasteiger charge is -2.24. The van der Waals surface area contributed by atoms with Crippen molar-refractivity contribution in [2.45, 2.75) is 38.1 Å². The number of aliphatic carboxylic acids is 1. The second-order valence-electron chi connectivity index (χ2n) is 6.95. The molecular weight excluding hydrogens is 348 g/mol. The van der Waals surface area contributed by atoms with Gasteiger partial charge in [-0.1, -0.05) is 6.07 Å². The maximum absolute atomic E-state index is 12.3. The number of nitrogens with zero attached hydrogens (tertiary/aromatic N) is 1. The average Bonchev–Trinajstić information content (AvgIpc) is 2.85. The molecule has 8 heteroatoms. The fourth-order valence-electron chi connectivity index (χ4n) is 3.61. The van der Waals surface area contributed by atoms with E-state index >= 15 is 0 Å². The van der Waals surface area contributed by atoms with E-state index in [4.69, 9.17) is 5.11 Å². The number of amides is 3. The van der Waals surface area contributed by atoms with Gasteiger partial charge >= 0.3 is 12.0 Å². The number of fused-ring (bicyclic) bond motifs is 1. The Hall–Kier alpha value is -2.61. The number of urea groups is 1. The monoisotopic (exact) mass is 374 g/mol. The van der Waals surface area contributed by atoms with Gasteiger partial charge in [0, 0.05) is 25.2 Å². The summed E-state index contributed by atoms with van der Waals surface area (Å²) in [6.45, 7) is 2.53. The first-order valence-corrected chi connectivity index (χ1v) is 9.42. The van der Waals surface area contributed by atoms with E-state index < -0.39 is 5.97 Å². The third-order valence-electron chi connectivity index (χ3n) is 5.05. The standard InChI is InChI=1S/C19H26N4O4/c24-17(21-10-7-18(25)26)4-3-16-12-22-19(27)23(16)15-2-1-13-5-8-20-9-6-14(13)11-15/h1-2,11,16,20H,3-10,12H2,(H,21,24)(H,22,27)(H,25,26). The second-order valence-corrected chi connectivity index (χ2v) is 6.95. The highest BCUT2D eigenvalue weighted by molar-refractivity contribution is 5.95. The van der Waals surface area contributed by atoms with Gasteiger partial charge in [0.05, 0.1) is 12.5 Å². The highest BCUT2D eigenvalue weighted by Crippen LogP contribution is 2.26. The minimum absolute atomic E-state index is 0.0919. The van der Waals surface area contributed by atoms with Gasteiger partial charge in [0.2, 0.25) is 5.91 Å². The molecule has 0 spiro atoms. The van der Waals surface area contributed by atoms with Crippen molar-refractivity contribution in [1.29, 1.82) is 0 Å². The molecule has 3 amide bonds. The van der Waals surface area contributed by atoms with E-state index in [1.807, 2.05) is 6.07 Å². The highest BCUT2D eigenvalue weighted by atomic mass is 16.4. The normalized spacial score (nSPS) is 19.2. The summed E-state index contributed by atoms with van der Waals surface area (Å²) in [4.78, 5) is 36.5. The van der Waals surface area contributed by atoms with Gasteiger partial charge in [-0.15, -0.1) is 0 Å². The van der Waals surface area contributed by atoms with Crippen LogP contribution in [0.1, 0.15) is 30.4 Å². The van der Waals surface area contributed by atoms with E-state index in [1.54, 1.807) is 4.90 Å². The van der Waals surface area contributed by atoms with Crippen LogP contribution in [-0.4, -0.2) is 55.2 Å². The van der Waals surface area contributed by atoms with Crippen molar-refractivity contribution in [3.05, 3.63) is 29.3 Å². The lowest BCUT2D eigenvalue weighted by Crippen LogP contribution is -2.35. The fraction of sp³-hybridized carbons (Fsp3) is 0.526. The van der Waals surface area contributed by atoms with Crippen molar-refractivity contribution in [2.75, 3.05) is 31.1 Å². The first-order chi connectivity index (χ1) is 13.0. The molecule has 1 saturated heterocycles. The molecule has 1 unspecified atom stereocenters. The molecule has 2 aliphatic heterocycles. The maximum atomic E-state index is 12.3. The van der Waals surface area contributed by atoms with Crippen LogP contribution in [0.5, 0.6) is 0 Å². The maximum Gasteiger partial charge on any atom is 0.322 e. The van der Waals surface area contributed by atoms with Gasteiger partial charge in [-0.05, 0) is 55.6 Å². The van der Waals surface area contributed by atoms with Gasteiger partial charge in [-0.2, -0.15) is 0 Å². The molecule has 0 bridgehead atoms. The molecule has 0 aliphatic carbocycles. The number of benzene rings is 1. The summed E-state index contributed by atoms with van der Waals surface area (Å²) in [7, 11) is 0. The van der Waals surface area contributed by atoms with Crippen LogP contribution in [-0.2, 0) is 22.4 Å². The predicted octanol–water partition coefficient (Wildman–Crippen LogP) is 0.644. The number of hydrogen-bond acceptors (Lipinski definition) is 4. The van der Waals surface area contributed by atoms with Gasteiger partial charge < -0.3 is 21.1 Å². The fourth-order valence-corrected chi connectivity index (χ4v) is 3.61. The molecule has 3 rings (SSSR count). The summed E-state index contributed by atoms with van der Waals surface area (Å²) in [5.41, 5.74) is 3.45. The Morgan fingerprint density at radius 3 is 2.74 bits per heavy atom.